The molecule has 0 amide bonds. The molecule has 0 aliphatic heterocycles. The van der Waals surface area contributed by atoms with Gasteiger partial charge in [-0.2, -0.15) is 0 Å². The van der Waals surface area contributed by atoms with Gasteiger partial charge in [-0.3, -0.25) is 4.40 Å². The Balaban J connectivity index is 2.36. The highest BCUT2D eigenvalue weighted by Crippen LogP contribution is 2.17. The molecular weight excluding hydrogens is 212 g/mol. The minimum absolute atomic E-state index is 0.291. The van der Waals surface area contributed by atoms with Gasteiger partial charge >= 0.3 is 5.97 Å². The van der Waals surface area contributed by atoms with E-state index in [1.165, 1.54) is 11.3 Å². The van der Waals surface area contributed by atoms with Gasteiger partial charge in [0.25, 0.3) is 0 Å². The van der Waals surface area contributed by atoms with Crippen LogP contribution in [0.3, 0.4) is 0 Å². The van der Waals surface area contributed by atoms with Crippen LogP contribution in [-0.4, -0.2) is 22.0 Å². The highest BCUT2D eigenvalue weighted by atomic mass is 32.1. The number of thiazole rings is 1. The van der Waals surface area contributed by atoms with E-state index in [-0.39, 0.29) is 5.97 Å². The van der Waals surface area contributed by atoms with Crippen LogP contribution in [0.5, 0.6) is 0 Å². The number of fused-ring (bicyclic) bond motifs is 1. The minimum atomic E-state index is -0.291. The Labute approximate surface area is 91.5 Å². The predicted octanol–water partition coefficient (Wildman–Crippen LogP) is 2.27. The Bertz CT molecular complexity index is 487. The molecule has 15 heavy (non-hydrogen) atoms. The monoisotopic (exact) mass is 224 g/mol. The van der Waals surface area contributed by atoms with E-state index < -0.39 is 0 Å². The van der Waals surface area contributed by atoms with Crippen LogP contribution >= 0.6 is 11.3 Å². The third kappa shape index (κ3) is 1.74. The molecule has 4 nitrogen and oxygen atoms in total. The van der Waals surface area contributed by atoms with Gasteiger partial charge in [-0.25, -0.2) is 9.78 Å². The van der Waals surface area contributed by atoms with Crippen molar-refractivity contribution in [1.29, 1.82) is 0 Å². The summed E-state index contributed by atoms with van der Waals surface area (Å²) >= 11 is 1.51. The second kappa shape index (κ2) is 4.02. The van der Waals surface area contributed by atoms with Crippen molar-refractivity contribution in [2.24, 2.45) is 0 Å². The molecule has 0 radical (unpaired) electrons. The van der Waals surface area contributed by atoms with Crippen LogP contribution in [0, 0.1) is 6.92 Å². The molecule has 2 heterocycles. The molecule has 0 saturated heterocycles. The first-order valence-electron chi connectivity index (χ1n) is 4.83. The lowest BCUT2D eigenvalue weighted by Crippen LogP contribution is -2.09. The van der Waals surface area contributed by atoms with Crippen molar-refractivity contribution in [2.45, 2.75) is 20.3 Å². The summed E-state index contributed by atoms with van der Waals surface area (Å²) in [5.74, 6) is -0.291. The number of aryl methyl sites for hydroxylation is 1. The Hall–Kier alpha value is -1.36. The Morgan fingerprint density at radius 1 is 1.67 bits per heavy atom. The zero-order chi connectivity index (χ0) is 10.8. The molecule has 0 fully saturated rings. The Morgan fingerprint density at radius 2 is 2.47 bits per heavy atom. The number of rotatable bonds is 3. The van der Waals surface area contributed by atoms with Crippen molar-refractivity contribution in [3.8, 4) is 0 Å². The van der Waals surface area contributed by atoms with Gasteiger partial charge in [0, 0.05) is 11.6 Å². The zero-order valence-electron chi connectivity index (χ0n) is 8.69. The standard InChI is InChI=1S/C10H12N2O2S/c1-3-5-14-9(13)8-7(2)11-10-12(8)4-6-15-10/h4,6H,3,5H2,1-2H3. The molecule has 2 aromatic rings. The van der Waals surface area contributed by atoms with E-state index in [4.69, 9.17) is 4.74 Å². The van der Waals surface area contributed by atoms with Crippen molar-refractivity contribution < 1.29 is 9.53 Å². The molecule has 0 N–H and O–H groups in total. The van der Waals surface area contributed by atoms with Gasteiger partial charge in [0.1, 0.15) is 0 Å². The molecule has 2 rings (SSSR count). The Kier molecular flexibility index (Phi) is 2.73. The van der Waals surface area contributed by atoms with Gasteiger partial charge in [-0.15, -0.1) is 11.3 Å². The lowest BCUT2D eigenvalue weighted by atomic mass is 10.3. The minimum Gasteiger partial charge on any atom is -0.461 e. The fourth-order valence-corrected chi connectivity index (χ4v) is 2.16. The molecule has 0 bridgehead atoms. The number of nitrogens with zero attached hydrogens (tertiary/aromatic N) is 2. The fourth-order valence-electron chi connectivity index (χ4n) is 1.40. The largest absolute Gasteiger partial charge is 0.461 e. The second-order valence-corrected chi connectivity index (χ2v) is 4.11. The molecule has 80 valence electrons. The first-order valence-corrected chi connectivity index (χ1v) is 5.71. The van der Waals surface area contributed by atoms with Crippen LogP contribution in [0.15, 0.2) is 11.6 Å². The number of hydrogen-bond acceptors (Lipinski definition) is 4. The molecule has 0 unspecified atom stereocenters. The first-order chi connectivity index (χ1) is 7.24. The summed E-state index contributed by atoms with van der Waals surface area (Å²) in [4.78, 5) is 16.8. The van der Waals surface area contributed by atoms with Crippen molar-refractivity contribution in [2.75, 3.05) is 6.61 Å². The van der Waals surface area contributed by atoms with Gasteiger partial charge < -0.3 is 4.74 Å². The highest BCUT2D eigenvalue weighted by Gasteiger charge is 2.17. The quantitative estimate of drug-likeness (QED) is 0.751. The molecule has 2 aromatic heterocycles. The molecule has 0 aromatic carbocycles. The van der Waals surface area contributed by atoms with Crippen molar-refractivity contribution in [1.82, 2.24) is 9.38 Å². The maximum absolute atomic E-state index is 11.7. The maximum atomic E-state index is 11.7. The highest BCUT2D eigenvalue weighted by molar-refractivity contribution is 7.15. The van der Waals surface area contributed by atoms with Gasteiger partial charge in [0.05, 0.1) is 12.3 Å². The number of aromatic nitrogens is 2. The zero-order valence-corrected chi connectivity index (χ0v) is 9.50. The molecule has 5 heteroatoms. The van der Waals surface area contributed by atoms with Crippen LogP contribution in [-0.2, 0) is 4.74 Å². The van der Waals surface area contributed by atoms with Crippen LogP contribution in [0.2, 0.25) is 0 Å². The van der Waals surface area contributed by atoms with E-state index in [1.807, 2.05) is 25.4 Å². The third-order valence-electron chi connectivity index (χ3n) is 2.07. The van der Waals surface area contributed by atoms with Gasteiger partial charge in [-0.1, -0.05) is 6.92 Å². The van der Waals surface area contributed by atoms with E-state index in [0.717, 1.165) is 17.1 Å². The third-order valence-corrected chi connectivity index (χ3v) is 2.82. The Morgan fingerprint density at radius 3 is 3.20 bits per heavy atom. The van der Waals surface area contributed by atoms with Gasteiger partial charge in [-0.05, 0) is 13.3 Å². The summed E-state index contributed by atoms with van der Waals surface area (Å²) in [6, 6.07) is 0. The van der Waals surface area contributed by atoms with E-state index in [1.54, 1.807) is 4.40 Å². The summed E-state index contributed by atoms with van der Waals surface area (Å²) in [7, 11) is 0. The number of hydrogen-bond donors (Lipinski definition) is 0. The number of carbonyl (C=O) groups excluding carboxylic acids is 1. The summed E-state index contributed by atoms with van der Waals surface area (Å²) in [6.45, 7) is 4.24. The average molecular weight is 224 g/mol. The predicted molar refractivity (Wildman–Crippen MR) is 58.4 cm³/mol. The molecule has 0 aliphatic rings. The smallest absolute Gasteiger partial charge is 0.357 e. The molecule has 0 spiro atoms. The van der Waals surface area contributed by atoms with E-state index in [9.17, 15) is 4.79 Å². The molecule has 0 atom stereocenters. The van der Waals surface area contributed by atoms with Gasteiger partial charge in [0.15, 0.2) is 10.7 Å². The van der Waals surface area contributed by atoms with Crippen molar-refractivity contribution >= 4 is 22.3 Å². The lowest BCUT2D eigenvalue weighted by Gasteiger charge is -2.02. The fraction of sp³-hybridized carbons (Fsp3) is 0.400. The van der Waals surface area contributed by atoms with E-state index >= 15 is 0 Å². The van der Waals surface area contributed by atoms with Crippen molar-refractivity contribution in [3.05, 3.63) is 23.0 Å². The topological polar surface area (TPSA) is 43.6 Å². The van der Waals surface area contributed by atoms with Gasteiger partial charge in [0.2, 0.25) is 0 Å². The molecule has 0 saturated carbocycles. The van der Waals surface area contributed by atoms with Crippen LogP contribution in [0.1, 0.15) is 29.5 Å². The average Bonchev–Trinajstić information content (AvgIpc) is 2.73. The summed E-state index contributed by atoms with van der Waals surface area (Å²) < 4.78 is 6.87. The summed E-state index contributed by atoms with van der Waals surface area (Å²) in [6.07, 6.45) is 2.67. The normalized spacial score (nSPS) is 10.8. The first kappa shape index (κ1) is 10.2. The summed E-state index contributed by atoms with van der Waals surface area (Å²) in [5.41, 5.74) is 1.27. The van der Waals surface area contributed by atoms with E-state index in [0.29, 0.717) is 12.3 Å². The van der Waals surface area contributed by atoms with Crippen LogP contribution in [0.25, 0.3) is 4.96 Å². The number of esters is 1. The number of imidazole rings is 1. The van der Waals surface area contributed by atoms with Crippen LogP contribution < -0.4 is 0 Å². The number of carbonyl (C=O) groups is 1. The summed E-state index contributed by atoms with van der Waals surface area (Å²) in [5, 5.41) is 1.90. The SMILES string of the molecule is CCCOC(=O)c1c(C)nc2sccn12. The molecular formula is C10H12N2O2S. The second-order valence-electron chi connectivity index (χ2n) is 3.24. The number of ether oxygens (including phenoxy) is 1. The maximum Gasteiger partial charge on any atom is 0.357 e. The molecule has 0 aliphatic carbocycles. The lowest BCUT2D eigenvalue weighted by molar-refractivity contribution is 0.0496. The van der Waals surface area contributed by atoms with E-state index in [2.05, 4.69) is 4.98 Å². The van der Waals surface area contributed by atoms with Crippen molar-refractivity contribution in [3.63, 3.8) is 0 Å². The van der Waals surface area contributed by atoms with Crippen LogP contribution in [0.4, 0.5) is 0 Å².